The molecule has 0 radical (unpaired) electrons. The predicted molar refractivity (Wildman–Crippen MR) is 64.3 cm³/mol. The number of fused-ring (bicyclic) bond motifs is 1. The van der Waals surface area contributed by atoms with Crippen LogP contribution in [0.1, 0.15) is 32.0 Å². The van der Waals surface area contributed by atoms with Gasteiger partial charge in [0, 0.05) is 36.6 Å². The van der Waals surface area contributed by atoms with Crippen molar-refractivity contribution >= 4 is 5.65 Å². The van der Waals surface area contributed by atoms with Crippen LogP contribution in [-0.4, -0.2) is 20.6 Å². The summed E-state index contributed by atoms with van der Waals surface area (Å²) >= 11 is 0. The third-order valence-corrected chi connectivity index (χ3v) is 2.49. The minimum Gasteiger partial charge on any atom is -0.310 e. The van der Waals surface area contributed by atoms with Gasteiger partial charge in [0.25, 0.3) is 0 Å². The molecule has 2 aromatic heterocycles. The van der Waals surface area contributed by atoms with Crippen molar-refractivity contribution in [3.63, 3.8) is 0 Å². The van der Waals surface area contributed by atoms with Gasteiger partial charge in [-0.3, -0.25) is 0 Å². The van der Waals surface area contributed by atoms with E-state index in [4.69, 9.17) is 0 Å². The van der Waals surface area contributed by atoms with E-state index in [-0.39, 0.29) is 0 Å². The summed E-state index contributed by atoms with van der Waals surface area (Å²) in [4.78, 5) is 4.39. The van der Waals surface area contributed by atoms with Crippen LogP contribution < -0.4 is 5.32 Å². The Morgan fingerprint density at radius 3 is 2.94 bits per heavy atom. The summed E-state index contributed by atoms with van der Waals surface area (Å²) in [5, 5.41) is 7.81. The molecule has 4 heteroatoms. The molecule has 0 atom stereocenters. The van der Waals surface area contributed by atoms with Gasteiger partial charge < -0.3 is 5.32 Å². The van der Waals surface area contributed by atoms with E-state index < -0.39 is 0 Å². The highest BCUT2D eigenvalue weighted by Gasteiger charge is 2.02. The molecule has 0 bridgehead atoms. The third-order valence-electron chi connectivity index (χ3n) is 2.49. The Morgan fingerprint density at radius 1 is 1.44 bits per heavy atom. The third kappa shape index (κ3) is 2.39. The SMILES string of the molecule is CCc1cc2ncc(CNC(C)C)cn2n1. The summed E-state index contributed by atoms with van der Waals surface area (Å²) in [6, 6.07) is 2.51. The Morgan fingerprint density at radius 2 is 2.25 bits per heavy atom. The normalized spacial score (nSPS) is 11.5. The average Bonchev–Trinajstić information content (AvgIpc) is 2.68. The average molecular weight is 218 g/mol. The van der Waals surface area contributed by atoms with Gasteiger partial charge in [-0.1, -0.05) is 20.8 Å². The lowest BCUT2D eigenvalue weighted by Crippen LogP contribution is -2.22. The number of aryl methyl sites for hydroxylation is 1. The van der Waals surface area contributed by atoms with Crippen LogP contribution in [0.25, 0.3) is 5.65 Å². The molecule has 0 aliphatic rings. The van der Waals surface area contributed by atoms with E-state index >= 15 is 0 Å². The zero-order valence-corrected chi connectivity index (χ0v) is 10.1. The molecule has 16 heavy (non-hydrogen) atoms. The standard InChI is InChI=1S/C12H18N4/c1-4-11-5-12-14-7-10(6-13-9(2)3)8-16(12)15-11/h5,7-9,13H,4,6H2,1-3H3. The predicted octanol–water partition coefficient (Wildman–Crippen LogP) is 1.79. The van der Waals surface area contributed by atoms with Gasteiger partial charge >= 0.3 is 0 Å². The van der Waals surface area contributed by atoms with Crippen LogP contribution in [0, 0.1) is 0 Å². The number of aromatic nitrogens is 3. The maximum absolute atomic E-state index is 4.45. The molecule has 0 saturated carbocycles. The van der Waals surface area contributed by atoms with Crippen molar-refractivity contribution in [3.05, 3.63) is 29.7 Å². The summed E-state index contributed by atoms with van der Waals surface area (Å²) in [5.41, 5.74) is 3.17. The number of hydrogen-bond donors (Lipinski definition) is 1. The molecule has 86 valence electrons. The molecule has 0 fully saturated rings. The van der Waals surface area contributed by atoms with Crippen LogP contribution in [0.15, 0.2) is 18.5 Å². The quantitative estimate of drug-likeness (QED) is 0.850. The Balaban J connectivity index is 2.22. The molecule has 0 unspecified atom stereocenters. The summed E-state index contributed by atoms with van der Waals surface area (Å²) in [7, 11) is 0. The van der Waals surface area contributed by atoms with E-state index in [9.17, 15) is 0 Å². The summed E-state index contributed by atoms with van der Waals surface area (Å²) in [6.45, 7) is 7.20. The molecule has 0 spiro atoms. The van der Waals surface area contributed by atoms with Crippen molar-refractivity contribution < 1.29 is 0 Å². The molecule has 0 aromatic carbocycles. The fourth-order valence-corrected chi connectivity index (χ4v) is 1.55. The van der Waals surface area contributed by atoms with Crippen LogP contribution in [0.3, 0.4) is 0 Å². The first-order valence-corrected chi connectivity index (χ1v) is 5.75. The van der Waals surface area contributed by atoms with Gasteiger partial charge in [0.2, 0.25) is 0 Å². The molecule has 2 aromatic rings. The molecular weight excluding hydrogens is 200 g/mol. The zero-order chi connectivity index (χ0) is 11.5. The van der Waals surface area contributed by atoms with Crippen LogP contribution in [0.5, 0.6) is 0 Å². The second kappa shape index (κ2) is 4.61. The van der Waals surface area contributed by atoms with E-state index in [1.165, 1.54) is 0 Å². The van der Waals surface area contributed by atoms with Gasteiger partial charge in [0.15, 0.2) is 5.65 Å². The van der Waals surface area contributed by atoms with Crippen molar-refractivity contribution in [2.24, 2.45) is 0 Å². The Kier molecular flexibility index (Phi) is 3.19. The molecule has 2 heterocycles. The van der Waals surface area contributed by atoms with Gasteiger partial charge in [-0.15, -0.1) is 0 Å². The summed E-state index contributed by atoms with van der Waals surface area (Å²) in [5.74, 6) is 0. The lowest BCUT2D eigenvalue weighted by Gasteiger charge is -2.07. The fraction of sp³-hybridized carbons (Fsp3) is 0.500. The number of hydrogen-bond acceptors (Lipinski definition) is 3. The maximum Gasteiger partial charge on any atom is 0.155 e. The lowest BCUT2D eigenvalue weighted by molar-refractivity contribution is 0.585. The molecule has 4 nitrogen and oxygen atoms in total. The fourth-order valence-electron chi connectivity index (χ4n) is 1.55. The largest absolute Gasteiger partial charge is 0.310 e. The van der Waals surface area contributed by atoms with E-state index in [0.29, 0.717) is 6.04 Å². The van der Waals surface area contributed by atoms with E-state index in [0.717, 1.165) is 29.9 Å². The molecular formula is C12H18N4. The van der Waals surface area contributed by atoms with Crippen molar-refractivity contribution in [1.82, 2.24) is 19.9 Å². The first-order chi connectivity index (χ1) is 7.69. The summed E-state index contributed by atoms with van der Waals surface area (Å²) < 4.78 is 1.86. The van der Waals surface area contributed by atoms with Crippen LogP contribution in [0.4, 0.5) is 0 Å². The number of nitrogens with zero attached hydrogens (tertiary/aromatic N) is 3. The Labute approximate surface area is 95.7 Å². The van der Waals surface area contributed by atoms with Crippen LogP contribution in [0.2, 0.25) is 0 Å². The molecule has 0 saturated heterocycles. The first kappa shape index (κ1) is 11.1. The zero-order valence-electron chi connectivity index (χ0n) is 10.1. The molecule has 0 aliphatic heterocycles. The van der Waals surface area contributed by atoms with Gasteiger partial charge in [-0.25, -0.2) is 9.50 Å². The van der Waals surface area contributed by atoms with Gasteiger partial charge in [0.1, 0.15) is 0 Å². The maximum atomic E-state index is 4.45. The Bertz CT molecular complexity index is 473. The highest BCUT2D eigenvalue weighted by atomic mass is 15.2. The van der Waals surface area contributed by atoms with Crippen LogP contribution in [-0.2, 0) is 13.0 Å². The minimum absolute atomic E-state index is 0.486. The minimum atomic E-state index is 0.486. The van der Waals surface area contributed by atoms with Crippen molar-refractivity contribution in [1.29, 1.82) is 0 Å². The highest BCUT2D eigenvalue weighted by Crippen LogP contribution is 2.06. The summed E-state index contributed by atoms with van der Waals surface area (Å²) in [6.07, 6.45) is 4.89. The molecule has 2 rings (SSSR count). The lowest BCUT2D eigenvalue weighted by atomic mass is 10.3. The van der Waals surface area contributed by atoms with Crippen molar-refractivity contribution in [3.8, 4) is 0 Å². The van der Waals surface area contributed by atoms with Crippen molar-refractivity contribution in [2.45, 2.75) is 39.8 Å². The van der Waals surface area contributed by atoms with Gasteiger partial charge in [-0.05, 0) is 6.42 Å². The second-order valence-electron chi connectivity index (χ2n) is 4.29. The smallest absolute Gasteiger partial charge is 0.155 e. The topological polar surface area (TPSA) is 42.2 Å². The number of nitrogens with one attached hydrogen (secondary N) is 1. The van der Waals surface area contributed by atoms with Crippen molar-refractivity contribution in [2.75, 3.05) is 0 Å². The van der Waals surface area contributed by atoms with E-state index in [1.54, 1.807) is 0 Å². The van der Waals surface area contributed by atoms with Crippen LogP contribution >= 0.6 is 0 Å². The van der Waals surface area contributed by atoms with Gasteiger partial charge in [-0.2, -0.15) is 5.10 Å². The second-order valence-corrected chi connectivity index (χ2v) is 4.29. The monoisotopic (exact) mass is 218 g/mol. The number of rotatable bonds is 4. The van der Waals surface area contributed by atoms with E-state index in [2.05, 4.69) is 36.2 Å². The Hall–Kier alpha value is -1.42. The molecule has 0 amide bonds. The van der Waals surface area contributed by atoms with Gasteiger partial charge in [0.05, 0.1) is 5.69 Å². The first-order valence-electron chi connectivity index (χ1n) is 5.75. The van der Waals surface area contributed by atoms with E-state index in [1.807, 2.05) is 23.0 Å². The molecule has 0 aliphatic carbocycles. The molecule has 1 N–H and O–H groups in total. The highest BCUT2D eigenvalue weighted by molar-refractivity contribution is 5.39.